The van der Waals surface area contributed by atoms with E-state index in [0.717, 1.165) is 37.4 Å². The maximum atomic E-state index is 6.15. The second kappa shape index (κ2) is 5.06. The Kier molecular flexibility index (Phi) is 3.66. The summed E-state index contributed by atoms with van der Waals surface area (Å²) >= 11 is 0. The molecule has 1 saturated heterocycles. The van der Waals surface area contributed by atoms with Crippen molar-refractivity contribution < 1.29 is 9.47 Å². The van der Waals surface area contributed by atoms with E-state index in [2.05, 4.69) is 11.8 Å². The molecule has 1 fully saturated rings. The molecule has 2 rings (SSSR count). The van der Waals surface area contributed by atoms with Crippen LogP contribution in [0.2, 0.25) is 0 Å². The Bertz CT molecular complexity index is 422. The van der Waals surface area contributed by atoms with Crippen LogP contribution in [0, 0.1) is 0 Å². The smallest absolute Gasteiger partial charge is 0.143 e. The molecule has 1 aromatic rings. The fourth-order valence-electron chi connectivity index (χ4n) is 2.56. The van der Waals surface area contributed by atoms with Gasteiger partial charge in [0, 0.05) is 20.2 Å². The van der Waals surface area contributed by atoms with Gasteiger partial charge in [-0.15, -0.1) is 0 Å². The summed E-state index contributed by atoms with van der Waals surface area (Å²) in [6.45, 7) is 4.02. The number of ether oxygens (including phenoxy) is 2. The van der Waals surface area contributed by atoms with Gasteiger partial charge in [-0.05, 0) is 31.9 Å². The van der Waals surface area contributed by atoms with E-state index < -0.39 is 0 Å². The van der Waals surface area contributed by atoms with Crippen molar-refractivity contribution in [2.45, 2.75) is 25.4 Å². The number of nitrogen functional groups attached to an aromatic ring is 1. The first-order valence-corrected chi connectivity index (χ1v) is 6.32. The number of methoxy groups -OCH3 is 2. The Morgan fingerprint density at radius 2 is 2.11 bits per heavy atom. The first kappa shape index (κ1) is 13.0. The van der Waals surface area contributed by atoms with Crippen LogP contribution in [0.15, 0.2) is 18.2 Å². The van der Waals surface area contributed by atoms with Gasteiger partial charge >= 0.3 is 0 Å². The summed E-state index contributed by atoms with van der Waals surface area (Å²) in [4.78, 5) is 2.28. The second-order valence-electron chi connectivity index (χ2n) is 5.07. The molecule has 2 N–H and O–H groups in total. The molecule has 0 aliphatic carbocycles. The van der Waals surface area contributed by atoms with E-state index >= 15 is 0 Å². The number of hydrogen-bond acceptors (Lipinski definition) is 4. The van der Waals surface area contributed by atoms with Gasteiger partial charge in [-0.3, -0.25) is 0 Å². The molecule has 1 aromatic carbocycles. The highest BCUT2D eigenvalue weighted by Gasteiger charge is 2.31. The number of rotatable bonds is 3. The van der Waals surface area contributed by atoms with Crippen LogP contribution in [-0.2, 0) is 4.74 Å². The van der Waals surface area contributed by atoms with E-state index in [1.54, 1.807) is 14.2 Å². The summed E-state index contributed by atoms with van der Waals surface area (Å²) in [5.74, 6) is 0.734. The van der Waals surface area contributed by atoms with Gasteiger partial charge in [0.05, 0.1) is 24.1 Å². The van der Waals surface area contributed by atoms with Crippen LogP contribution in [0.5, 0.6) is 5.75 Å². The third kappa shape index (κ3) is 2.38. The molecular weight excluding hydrogens is 228 g/mol. The van der Waals surface area contributed by atoms with Gasteiger partial charge < -0.3 is 20.1 Å². The van der Waals surface area contributed by atoms with Crippen molar-refractivity contribution in [1.29, 1.82) is 0 Å². The largest absolute Gasteiger partial charge is 0.495 e. The van der Waals surface area contributed by atoms with Crippen LogP contribution in [0.25, 0.3) is 0 Å². The summed E-state index contributed by atoms with van der Waals surface area (Å²) in [7, 11) is 3.42. The van der Waals surface area contributed by atoms with Crippen molar-refractivity contribution >= 4 is 11.4 Å². The van der Waals surface area contributed by atoms with E-state index in [0.29, 0.717) is 5.69 Å². The summed E-state index contributed by atoms with van der Waals surface area (Å²) in [6, 6.07) is 5.90. The highest BCUT2D eigenvalue weighted by molar-refractivity contribution is 5.74. The predicted octanol–water partition coefficient (Wildman–Crippen LogP) is 2.28. The molecule has 18 heavy (non-hydrogen) atoms. The van der Waals surface area contributed by atoms with Crippen molar-refractivity contribution in [2.24, 2.45) is 0 Å². The normalized spacial score (nSPS) is 24.1. The Morgan fingerprint density at radius 1 is 1.33 bits per heavy atom. The first-order valence-electron chi connectivity index (χ1n) is 6.32. The molecule has 1 heterocycles. The third-order valence-electron chi connectivity index (χ3n) is 3.76. The first-order chi connectivity index (χ1) is 8.59. The molecule has 0 bridgehead atoms. The van der Waals surface area contributed by atoms with Gasteiger partial charge in [-0.25, -0.2) is 0 Å². The van der Waals surface area contributed by atoms with Crippen molar-refractivity contribution in [1.82, 2.24) is 0 Å². The lowest BCUT2D eigenvalue weighted by Gasteiger charge is -2.41. The molecule has 1 aliphatic heterocycles. The Balaban J connectivity index is 2.26. The van der Waals surface area contributed by atoms with Crippen molar-refractivity contribution in [3.8, 4) is 5.75 Å². The number of anilines is 2. The number of piperidine rings is 1. The van der Waals surface area contributed by atoms with Crippen LogP contribution in [-0.4, -0.2) is 32.9 Å². The maximum Gasteiger partial charge on any atom is 0.143 e. The Morgan fingerprint density at radius 3 is 2.78 bits per heavy atom. The lowest BCUT2D eigenvalue weighted by molar-refractivity contribution is -0.00462. The molecule has 0 radical (unpaired) electrons. The molecule has 1 atom stereocenters. The number of nitrogens with two attached hydrogens (primary N) is 1. The van der Waals surface area contributed by atoms with E-state index in [1.807, 2.05) is 18.2 Å². The lowest BCUT2D eigenvalue weighted by Crippen LogP contribution is -2.47. The average Bonchev–Trinajstić information content (AvgIpc) is 2.39. The molecular formula is C14H22N2O2. The van der Waals surface area contributed by atoms with Crippen LogP contribution in [0.1, 0.15) is 19.8 Å². The van der Waals surface area contributed by atoms with Gasteiger partial charge in [0.25, 0.3) is 0 Å². The van der Waals surface area contributed by atoms with Gasteiger partial charge in [0.15, 0.2) is 0 Å². The summed E-state index contributed by atoms with van der Waals surface area (Å²) < 4.78 is 10.9. The molecule has 0 saturated carbocycles. The fourth-order valence-corrected chi connectivity index (χ4v) is 2.56. The monoisotopic (exact) mass is 250 g/mol. The van der Waals surface area contributed by atoms with Gasteiger partial charge in [0.1, 0.15) is 5.75 Å². The summed E-state index contributed by atoms with van der Waals surface area (Å²) in [5.41, 5.74) is 7.81. The fraction of sp³-hybridized carbons (Fsp3) is 0.571. The van der Waals surface area contributed by atoms with Crippen molar-refractivity contribution in [3.63, 3.8) is 0 Å². The molecule has 100 valence electrons. The Labute approximate surface area is 109 Å². The topological polar surface area (TPSA) is 47.7 Å². The maximum absolute atomic E-state index is 6.15. The summed E-state index contributed by atoms with van der Waals surface area (Å²) in [5, 5.41) is 0. The highest BCUT2D eigenvalue weighted by Crippen LogP contribution is 2.35. The second-order valence-corrected chi connectivity index (χ2v) is 5.07. The molecule has 1 unspecified atom stereocenters. The van der Waals surface area contributed by atoms with Crippen LogP contribution >= 0.6 is 0 Å². The standard InChI is InChI=1S/C14H22N2O2/c1-14(18-3)8-5-9-16(10-14)11-6-4-7-12(17-2)13(11)15/h4,6-7H,5,8-10,15H2,1-3H3. The number of hydrogen-bond donors (Lipinski definition) is 1. The average molecular weight is 250 g/mol. The minimum absolute atomic E-state index is 0.0895. The zero-order valence-electron chi connectivity index (χ0n) is 11.4. The van der Waals surface area contributed by atoms with Crippen LogP contribution in [0.4, 0.5) is 11.4 Å². The third-order valence-corrected chi connectivity index (χ3v) is 3.76. The number of para-hydroxylation sites is 1. The van der Waals surface area contributed by atoms with E-state index in [-0.39, 0.29) is 5.60 Å². The minimum Gasteiger partial charge on any atom is -0.495 e. The predicted molar refractivity (Wildman–Crippen MR) is 74.3 cm³/mol. The quantitative estimate of drug-likeness (QED) is 0.836. The molecule has 0 aromatic heterocycles. The van der Waals surface area contributed by atoms with Gasteiger partial charge in [-0.1, -0.05) is 6.07 Å². The van der Waals surface area contributed by atoms with Gasteiger partial charge in [0.2, 0.25) is 0 Å². The molecule has 4 heteroatoms. The molecule has 1 aliphatic rings. The zero-order chi connectivity index (χ0) is 13.2. The highest BCUT2D eigenvalue weighted by atomic mass is 16.5. The zero-order valence-corrected chi connectivity index (χ0v) is 11.4. The van der Waals surface area contributed by atoms with E-state index in [9.17, 15) is 0 Å². The molecule has 4 nitrogen and oxygen atoms in total. The Hall–Kier alpha value is -1.42. The van der Waals surface area contributed by atoms with Gasteiger partial charge in [-0.2, -0.15) is 0 Å². The SMILES string of the molecule is COc1cccc(N2CCCC(C)(OC)C2)c1N. The molecule has 0 spiro atoms. The van der Waals surface area contributed by atoms with Crippen LogP contribution in [0.3, 0.4) is 0 Å². The van der Waals surface area contributed by atoms with E-state index in [4.69, 9.17) is 15.2 Å². The summed E-state index contributed by atoms with van der Waals surface area (Å²) in [6.07, 6.45) is 2.20. The van der Waals surface area contributed by atoms with Crippen LogP contribution < -0.4 is 15.4 Å². The molecule has 0 amide bonds. The van der Waals surface area contributed by atoms with E-state index in [1.165, 1.54) is 0 Å². The van der Waals surface area contributed by atoms with Crippen molar-refractivity contribution in [2.75, 3.05) is 37.9 Å². The lowest BCUT2D eigenvalue weighted by atomic mass is 9.94. The number of benzene rings is 1. The number of nitrogens with zero attached hydrogens (tertiary/aromatic N) is 1. The minimum atomic E-state index is -0.0895. The van der Waals surface area contributed by atoms with Crippen molar-refractivity contribution in [3.05, 3.63) is 18.2 Å².